The van der Waals surface area contributed by atoms with Crippen molar-refractivity contribution in [3.8, 4) is 0 Å². The Morgan fingerprint density at radius 1 is 0.730 bits per heavy atom. The van der Waals surface area contributed by atoms with Gasteiger partial charge in [0.25, 0.3) is 0 Å². The van der Waals surface area contributed by atoms with E-state index in [9.17, 15) is 14.4 Å². The van der Waals surface area contributed by atoms with Crippen molar-refractivity contribution in [2.75, 3.05) is 12.0 Å². The molecule has 0 spiro atoms. The molecule has 1 heterocycles. The Hall–Kier alpha value is -4.25. The van der Waals surface area contributed by atoms with Crippen LogP contribution < -0.4 is 4.90 Å². The molecule has 184 valence electrons. The fourth-order valence-corrected chi connectivity index (χ4v) is 6.23. The van der Waals surface area contributed by atoms with Crippen molar-refractivity contribution in [3.05, 3.63) is 118 Å². The standard InChI is InChI=1S/C32H27NO4/c1-18-8-12-20(13-9-18)26(21-14-10-19(2)11-15-21)27-23-16-17-24(27)29-28(23)30(34)33(31(29)35)25-7-5-4-6-22(25)32(36)37-3/h4-17,23-24,28-29H,1-3H3/t23-,24-,28-,29-/m1/s1. The minimum absolute atomic E-state index is 0.181. The van der Waals surface area contributed by atoms with E-state index >= 15 is 0 Å². The first-order valence-electron chi connectivity index (χ1n) is 12.5. The minimum atomic E-state index is -0.573. The number of anilines is 1. The third-order valence-electron chi connectivity index (χ3n) is 7.94. The van der Waals surface area contributed by atoms with Gasteiger partial charge in [-0.05, 0) is 48.3 Å². The van der Waals surface area contributed by atoms with E-state index in [2.05, 4.69) is 74.5 Å². The molecule has 1 aliphatic heterocycles. The SMILES string of the molecule is COC(=O)c1ccccc1N1C(=O)[C@H]2[C@H](C1=O)[C@@H]1C=C[C@@H]2C1=C(c1ccc(C)cc1)c1ccc(C)cc1. The summed E-state index contributed by atoms with van der Waals surface area (Å²) in [5, 5.41) is 0. The molecular weight excluding hydrogens is 462 g/mol. The highest BCUT2D eigenvalue weighted by atomic mass is 16.5. The van der Waals surface area contributed by atoms with Crippen molar-refractivity contribution in [1.29, 1.82) is 0 Å². The van der Waals surface area contributed by atoms with Crippen LogP contribution in [0.1, 0.15) is 32.6 Å². The molecule has 5 heteroatoms. The highest BCUT2D eigenvalue weighted by molar-refractivity contribution is 6.25. The normalized spacial score (nSPS) is 23.5. The predicted octanol–water partition coefficient (Wildman–Crippen LogP) is 5.51. The maximum Gasteiger partial charge on any atom is 0.339 e. The number of benzene rings is 3. The van der Waals surface area contributed by atoms with Crippen LogP contribution in [0, 0.1) is 37.5 Å². The smallest absolute Gasteiger partial charge is 0.339 e. The monoisotopic (exact) mass is 489 g/mol. The predicted molar refractivity (Wildman–Crippen MR) is 142 cm³/mol. The second-order valence-electron chi connectivity index (χ2n) is 10.1. The molecule has 4 atom stereocenters. The first-order chi connectivity index (χ1) is 17.9. The van der Waals surface area contributed by atoms with Crippen molar-refractivity contribution in [2.24, 2.45) is 23.7 Å². The zero-order valence-corrected chi connectivity index (χ0v) is 21.0. The molecule has 2 aliphatic carbocycles. The van der Waals surface area contributed by atoms with Gasteiger partial charge in [0.15, 0.2) is 0 Å². The van der Waals surface area contributed by atoms with Gasteiger partial charge in [0, 0.05) is 11.8 Å². The second-order valence-corrected chi connectivity index (χ2v) is 10.1. The summed E-state index contributed by atoms with van der Waals surface area (Å²) in [7, 11) is 1.29. The number of methoxy groups -OCH3 is 1. The van der Waals surface area contributed by atoms with E-state index in [0.29, 0.717) is 5.69 Å². The Morgan fingerprint density at radius 2 is 1.22 bits per heavy atom. The molecule has 3 aliphatic rings. The Kier molecular flexibility index (Phi) is 5.45. The lowest BCUT2D eigenvalue weighted by molar-refractivity contribution is -0.122. The zero-order chi connectivity index (χ0) is 25.8. The van der Waals surface area contributed by atoms with Crippen LogP contribution in [0.2, 0.25) is 0 Å². The number of fused-ring (bicyclic) bond motifs is 5. The quantitative estimate of drug-likeness (QED) is 0.275. The molecule has 2 fully saturated rings. The average molecular weight is 490 g/mol. The molecule has 3 aromatic rings. The van der Waals surface area contributed by atoms with Crippen LogP contribution in [0.4, 0.5) is 5.69 Å². The van der Waals surface area contributed by atoms with Crippen LogP contribution in [0.5, 0.6) is 0 Å². The van der Waals surface area contributed by atoms with E-state index in [-0.39, 0.29) is 29.2 Å². The van der Waals surface area contributed by atoms with Gasteiger partial charge in [-0.25, -0.2) is 9.69 Å². The van der Waals surface area contributed by atoms with Gasteiger partial charge in [-0.2, -0.15) is 0 Å². The molecule has 0 radical (unpaired) electrons. The van der Waals surface area contributed by atoms with Crippen LogP contribution in [0.15, 0.2) is 90.5 Å². The van der Waals surface area contributed by atoms with Crippen molar-refractivity contribution >= 4 is 29.0 Å². The number of imide groups is 1. The second kappa shape index (κ2) is 8.70. The summed E-state index contributed by atoms with van der Waals surface area (Å²) < 4.78 is 4.91. The molecule has 2 bridgehead atoms. The Bertz CT molecular complexity index is 1410. The summed E-state index contributed by atoms with van der Waals surface area (Å²) in [5.74, 6) is -2.43. The van der Waals surface area contributed by atoms with E-state index in [1.54, 1.807) is 24.3 Å². The van der Waals surface area contributed by atoms with Gasteiger partial charge in [-0.15, -0.1) is 0 Å². The van der Waals surface area contributed by atoms with Gasteiger partial charge in [-0.1, -0.05) is 83.9 Å². The van der Waals surface area contributed by atoms with Crippen LogP contribution in [0.25, 0.3) is 5.57 Å². The van der Waals surface area contributed by atoms with Crippen molar-refractivity contribution in [2.45, 2.75) is 13.8 Å². The summed E-state index contributed by atoms with van der Waals surface area (Å²) in [5.41, 5.74) is 7.23. The summed E-state index contributed by atoms with van der Waals surface area (Å²) in [6, 6.07) is 23.5. The number of aryl methyl sites for hydroxylation is 2. The van der Waals surface area contributed by atoms with Gasteiger partial charge >= 0.3 is 5.97 Å². The highest BCUT2D eigenvalue weighted by Gasteiger charge is 2.62. The third kappa shape index (κ3) is 3.49. The maximum atomic E-state index is 13.9. The van der Waals surface area contributed by atoms with Gasteiger partial charge in [0.2, 0.25) is 11.8 Å². The van der Waals surface area contributed by atoms with Gasteiger partial charge < -0.3 is 4.74 Å². The first-order valence-corrected chi connectivity index (χ1v) is 12.5. The molecular formula is C32H27NO4. The fourth-order valence-electron chi connectivity index (χ4n) is 6.23. The summed E-state index contributed by atoms with van der Waals surface area (Å²) >= 11 is 0. The van der Waals surface area contributed by atoms with Crippen molar-refractivity contribution < 1.29 is 19.1 Å². The molecule has 1 saturated heterocycles. The number of allylic oxidation sites excluding steroid dienone is 3. The van der Waals surface area contributed by atoms with Crippen LogP contribution in [-0.2, 0) is 14.3 Å². The number of hydrogen-bond donors (Lipinski definition) is 0. The number of ether oxygens (including phenoxy) is 1. The molecule has 1 saturated carbocycles. The Morgan fingerprint density at radius 3 is 1.70 bits per heavy atom. The summed E-state index contributed by atoms with van der Waals surface area (Å²) in [6.07, 6.45) is 4.18. The largest absolute Gasteiger partial charge is 0.465 e. The number of carbonyl (C=O) groups is 3. The Balaban J connectivity index is 1.48. The molecule has 0 unspecified atom stereocenters. The number of carbonyl (C=O) groups excluding carboxylic acids is 3. The lowest BCUT2D eigenvalue weighted by atomic mass is 9.85. The van der Waals surface area contributed by atoms with E-state index in [1.165, 1.54) is 23.1 Å². The number of nitrogens with zero attached hydrogens (tertiary/aromatic N) is 1. The highest BCUT2D eigenvalue weighted by Crippen LogP contribution is 2.59. The van der Waals surface area contributed by atoms with Gasteiger partial charge in [-0.3, -0.25) is 9.59 Å². The van der Waals surface area contributed by atoms with Crippen LogP contribution in [0.3, 0.4) is 0 Å². The Labute approximate surface area is 216 Å². The topological polar surface area (TPSA) is 63.7 Å². The zero-order valence-electron chi connectivity index (χ0n) is 21.0. The molecule has 37 heavy (non-hydrogen) atoms. The number of rotatable bonds is 4. The average Bonchev–Trinajstić information content (AvgIpc) is 3.55. The van der Waals surface area contributed by atoms with E-state index < -0.39 is 17.8 Å². The van der Waals surface area contributed by atoms with Gasteiger partial charge in [0.05, 0.1) is 30.2 Å². The van der Waals surface area contributed by atoms with Gasteiger partial charge in [0.1, 0.15) is 0 Å². The molecule has 3 aromatic carbocycles. The van der Waals surface area contributed by atoms with Crippen LogP contribution >= 0.6 is 0 Å². The third-order valence-corrected chi connectivity index (χ3v) is 7.94. The number of hydrogen-bond acceptors (Lipinski definition) is 4. The maximum absolute atomic E-state index is 13.9. The first kappa shape index (κ1) is 23.2. The molecule has 0 N–H and O–H groups in total. The van der Waals surface area contributed by atoms with Crippen LogP contribution in [-0.4, -0.2) is 24.9 Å². The van der Waals surface area contributed by atoms with Crippen molar-refractivity contribution in [3.63, 3.8) is 0 Å². The number of esters is 1. The lowest BCUT2D eigenvalue weighted by Crippen LogP contribution is -2.34. The number of para-hydroxylation sites is 1. The fraction of sp³-hybridized carbons (Fsp3) is 0.219. The lowest BCUT2D eigenvalue weighted by Gasteiger charge is -2.22. The number of amides is 2. The van der Waals surface area contributed by atoms with Crippen molar-refractivity contribution in [1.82, 2.24) is 0 Å². The molecule has 6 rings (SSSR count). The summed E-state index contributed by atoms with van der Waals surface area (Å²) in [6.45, 7) is 4.12. The minimum Gasteiger partial charge on any atom is -0.465 e. The van der Waals surface area contributed by atoms with E-state index in [4.69, 9.17) is 4.74 Å². The van der Waals surface area contributed by atoms with E-state index in [0.717, 1.165) is 22.3 Å². The summed E-state index contributed by atoms with van der Waals surface area (Å²) in [4.78, 5) is 41.4. The molecule has 5 nitrogen and oxygen atoms in total. The van der Waals surface area contributed by atoms with E-state index in [1.807, 2.05) is 0 Å². The molecule has 2 amide bonds. The molecule has 0 aromatic heterocycles.